The van der Waals surface area contributed by atoms with Crippen molar-refractivity contribution in [2.75, 3.05) is 32.9 Å². The topological polar surface area (TPSA) is 84.5 Å². The van der Waals surface area contributed by atoms with Gasteiger partial charge in [0.25, 0.3) is 11.5 Å². The summed E-state index contributed by atoms with van der Waals surface area (Å²) >= 11 is 0. The van der Waals surface area contributed by atoms with Crippen LogP contribution >= 0.6 is 0 Å². The molecule has 0 radical (unpaired) electrons. The number of aromatic amines is 1. The number of carbonyl (C=O) groups excluding carboxylic acids is 1. The van der Waals surface area contributed by atoms with Gasteiger partial charge in [-0.2, -0.15) is 0 Å². The number of rotatable bonds is 7. The summed E-state index contributed by atoms with van der Waals surface area (Å²) < 4.78 is 11.2. The molecule has 7 nitrogen and oxygen atoms in total. The van der Waals surface area contributed by atoms with E-state index < -0.39 is 0 Å². The first-order valence-corrected chi connectivity index (χ1v) is 10.3. The number of morpholine rings is 1. The molecule has 1 aromatic carbocycles. The van der Waals surface area contributed by atoms with E-state index in [2.05, 4.69) is 4.98 Å². The van der Waals surface area contributed by atoms with Gasteiger partial charge in [0.15, 0.2) is 0 Å². The molecule has 1 N–H and O–H groups in total. The first-order valence-electron chi connectivity index (χ1n) is 10.3. The Labute approximate surface area is 171 Å². The summed E-state index contributed by atoms with van der Waals surface area (Å²) in [7, 11) is 0. The molecular weight excluding hydrogens is 370 g/mol. The predicted octanol–water partition coefficient (Wildman–Crippen LogP) is 2.82. The van der Waals surface area contributed by atoms with E-state index in [1.165, 1.54) is 0 Å². The van der Waals surface area contributed by atoms with Crippen LogP contribution in [-0.4, -0.2) is 53.7 Å². The van der Waals surface area contributed by atoms with Gasteiger partial charge in [-0.15, -0.1) is 0 Å². The van der Waals surface area contributed by atoms with Gasteiger partial charge in [0, 0.05) is 24.2 Å². The van der Waals surface area contributed by atoms with Crippen LogP contribution in [0.5, 0.6) is 5.75 Å². The number of hydrogen-bond acceptors (Lipinski definition) is 5. The van der Waals surface area contributed by atoms with Crippen molar-refractivity contribution in [3.63, 3.8) is 0 Å². The number of ether oxygens (including phenoxy) is 2. The van der Waals surface area contributed by atoms with Crippen LogP contribution in [0.25, 0.3) is 11.4 Å². The van der Waals surface area contributed by atoms with Gasteiger partial charge in [0.2, 0.25) is 0 Å². The van der Waals surface area contributed by atoms with Crippen LogP contribution in [0.2, 0.25) is 0 Å². The highest BCUT2D eigenvalue weighted by Crippen LogP contribution is 2.29. The summed E-state index contributed by atoms with van der Waals surface area (Å²) in [5, 5.41) is 0. The molecule has 156 valence electrons. The molecule has 1 aliphatic rings. The number of nitrogens with zero attached hydrogens (tertiary/aromatic N) is 2. The molecule has 2 aromatic rings. The summed E-state index contributed by atoms with van der Waals surface area (Å²) in [6.45, 7) is 8.74. The fourth-order valence-electron chi connectivity index (χ4n) is 3.46. The van der Waals surface area contributed by atoms with Crippen molar-refractivity contribution < 1.29 is 14.3 Å². The van der Waals surface area contributed by atoms with Crippen LogP contribution in [0.4, 0.5) is 0 Å². The molecule has 3 rings (SSSR count). The number of hydrogen-bond donors (Lipinski definition) is 1. The maximum Gasteiger partial charge on any atom is 0.254 e. The van der Waals surface area contributed by atoms with Gasteiger partial charge < -0.3 is 19.4 Å². The van der Waals surface area contributed by atoms with Crippen LogP contribution in [0.15, 0.2) is 23.0 Å². The number of aromatic nitrogens is 2. The maximum absolute atomic E-state index is 12.9. The minimum Gasteiger partial charge on any atom is -0.493 e. The summed E-state index contributed by atoms with van der Waals surface area (Å²) in [6.07, 6.45) is 2.14. The first-order chi connectivity index (χ1) is 14.1. The Balaban J connectivity index is 2.06. The highest BCUT2D eigenvalue weighted by Gasteiger charge is 2.21. The van der Waals surface area contributed by atoms with E-state index in [1.54, 1.807) is 23.1 Å². The Bertz CT molecular complexity index is 917. The number of carbonyl (C=O) groups is 1. The van der Waals surface area contributed by atoms with Crippen molar-refractivity contribution in [2.24, 2.45) is 0 Å². The van der Waals surface area contributed by atoms with E-state index >= 15 is 0 Å². The molecule has 0 saturated carbocycles. The zero-order valence-electron chi connectivity index (χ0n) is 17.4. The van der Waals surface area contributed by atoms with E-state index in [9.17, 15) is 9.59 Å². The van der Waals surface area contributed by atoms with Crippen molar-refractivity contribution >= 4 is 5.91 Å². The molecule has 0 atom stereocenters. The second-order valence-electron chi connectivity index (χ2n) is 7.01. The van der Waals surface area contributed by atoms with Crippen molar-refractivity contribution in [2.45, 2.75) is 40.0 Å². The second kappa shape index (κ2) is 9.69. The first kappa shape index (κ1) is 21.0. The zero-order chi connectivity index (χ0) is 20.8. The van der Waals surface area contributed by atoms with E-state index in [0.717, 1.165) is 12.1 Å². The van der Waals surface area contributed by atoms with Gasteiger partial charge in [-0.1, -0.05) is 20.8 Å². The Morgan fingerprint density at radius 3 is 2.62 bits per heavy atom. The molecule has 1 saturated heterocycles. The third kappa shape index (κ3) is 4.67. The van der Waals surface area contributed by atoms with Crippen LogP contribution in [0.3, 0.4) is 0 Å². The van der Waals surface area contributed by atoms with E-state index in [-0.39, 0.29) is 11.5 Å². The Morgan fingerprint density at radius 1 is 1.21 bits per heavy atom. The number of nitrogens with one attached hydrogen (secondary N) is 1. The maximum atomic E-state index is 12.9. The number of aryl methyl sites for hydroxylation is 1. The van der Waals surface area contributed by atoms with Gasteiger partial charge >= 0.3 is 0 Å². The lowest BCUT2D eigenvalue weighted by molar-refractivity contribution is 0.0303. The van der Waals surface area contributed by atoms with Gasteiger partial charge in [-0.25, -0.2) is 4.98 Å². The van der Waals surface area contributed by atoms with Crippen molar-refractivity contribution in [3.8, 4) is 17.1 Å². The molecule has 29 heavy (non-hydrogen) atoms. The predicted molar refractivity (Wildman–Crippen MR) is 112 cm³/mol. The summed E-state index contributed by atoms with van der Waals surface area (Å²) in [4.78, 5) is 34.9. The average Bonchev–Trinajstić information content (AvgIpc) is 2.77. The number of H-pyrrole nitrogens is 1. The average molecular weight is 399 g/mol. The van der Waals surface area contributed by atoms with Crippen LogP contribution < -0.4 is 10.3 Å². The fraction of sp³-hybridized carbons (Fsp3) is 0.500. The molecule has 1 aliphatic heterocycles. The van der Waals surface area contributed by atoms with Crippen LogP contribution in [0.1, 0.15) is 48.8 Å². The molecule has 7 heteroatoms. The summed E-state index contributed by atoms with van der Waals surface area (Å²) in [5.74, 6) is 0.992. The lowest BCUT2D eigenvalue weighted by Gasteiger charge is -2.27. The molecule has 1 aromatic heterocycles. The van der Waals surface area contributed by atoms with Gasteiger partial charge in [-0.3, -0.25) is 9.59 Å². The van der Waals surface area contributed by atoms with Gasteiger partial charge in [-0.05, 0) is 37.5 Å². The van der Waals surface area contributed by atoms with E-state index in [4.69, 9.17) is 14.5 Å². The molecule has 1 fully saturated rings. The second-order valence-corrected chi connectivity index (χ2v) is 7.01. The lowest BCUT2D eigenvalue weighted by atomic mass is 10.1. The molecule has 1 amide bonds. The Morgan fingerprint density at radius 2 is 1.97 bits per heavy atom. The smallest absolute Gasteiger partial charge is 0.254 e. The third-order valence-corrected chi connectivity index (χ3v) is 5.03. The van der Waals surface area contributed by atoms with Crippen molar-refractivity contribution in [1.29, 1.82) is 0 Å². The van der Waals surface area contributed by atoms with Gasteiger partial charge in [0.1, 0.15) is 11.6 Å². The molecular formula is C22H29N3O4. The number of amides is 1. The molecule has 0 unspecified atom stereocenters. The van der Waals surface area contributed by atoms with E-state index in [1.807, 2.05) is 20.8 Å². The standard InChI is InChI=1S/C22H29N3O4/c1-4-11-29-19-8-7-15(22(27)25-9-12-28-13-10-25)14-17(19)20-23-18(6-3)16(5-2)21(26)24-20/h7-8,14H,4-6,9-13H2,1-3H3,(H,23,24,26). The lowest BCUT2D eigenvalue weighted by Crippen LogP contribution is -2.40. The minimum absolute atomic E-state index is 0.0557. The molecule has 0 bridgehead atoms. The summed E-state index contributed by atoms with van der Waals surface area (Å²) in [6, 6.07) is 5.33. The van der Waals surface area contributed by atoms with Crippen LogP contribution in [0, 0.1) is 0 Å². The number of benzene rings is 1. The minimum atomic E-state index is -0.138. The SMILES string of the molecule is CCCOc1ccc(C(=O)N2CCOCC2)cc1-c1nc(CC)c(CC)c(=O)[nH]1. The van der Waals surface area contributed by atoms with Crippen LogP contribution in [-0.2, 0) is 17.6 Å². The Kier molecular flexibility index (Phi) is 7.04. The zero-order valence-corrected chi connectivity index (χ0v) is 17.4. The largest absolute Gasteiger partial charge is 0.493 e. The fourth-order valence-corrected chi connectivity index (χ4v) is 3.46. The quantitative estimate of drug-likeness (QED) is 0.774. The highest BCUT2D eigenvalue weighted by atomic mass is 16.5. The van der Waals surface area contributed by atoms with Crippen molar-refractivity contribution in [3.05, 3.63) is 45.4 Å². The Hall–Kier alpha value is -2.67. The van der Waals surface area contributed by atoms with Crippen molar-refractivity contribution in [1.82, 2.24) is 14.9 Å². The summed E-state index contributed by atoms with van der Waals surface area (Å²) in [5.41, 5.74) is 2.52. The normalized spacial score (nSPS) is 14.1. The molecule has 0 spiro atoms. The highest BCUT2D eigenvalue weighted by molar-refractivity contribution is 5.96. The van der Waals surface area contributed by atoms with Gasteiger partial charge in [0.05, 0.1) is 31.1 Å². The monoisotopic (exact) mass is 399 g/mol. The van der Waals surface area contributed by atoms with E-state index in [0.29, 0.717) is 74.0 Å². The third-order valence-electron chi connectivity index (χ3n) is 5.03. The molecule has 0 aliphatic carbocycles. The molecule has 2 heterocycles.